The van der Waals surface area contributed by atoms with E-state index >= 15 is 0 Å². The van der Waals surface area contributed by atoms with E-state index < -0.39 is 0 Å². The third-order valence-electron chi connectivity index (χ3n) is 2.80. The molecule has 0 aliphatic carbocycles. The molecule has 1 heterocycles. The molecule has 0 saturated heterocycles. The van der Waals surface area contributed by atoms with Gasteiger partial charge in [-0.05, 0) is 12.0 Å². The number of nitrogens with one attached hydrogen (secondary N) is 1. The van der Waals surface area contributed by atoms with Crippen molar-refractivity contribution in [2.45, 2.75) is 19.4 Å². The molecule has 20 heavy (non-hydrogen) atoms. The number of rotatable bonds is 7. The first kappa shape index (κ1) is 14.3. The summed E-state index contributed by atoms with van der Waals surface area (Å²) in [6.07, 6.45) is 2.38. The van der Waals surface area contributed by atoms with E-state index in [1.54, 1.807) is 6.07 Å². The van der Waals surface area contributed by atoms with Crippen molar-refractivity contribution in [2.24, 2.45) is 0 Å². The van der Waals surface area contributed by atoms with Gasteiger partial charge < -0.3 is 15.2 Å². The van der Waals surface area contributed by atoms with Crippen LogP contribution in [-0.2, 0) is 0 Å². The molecule has 106 valence electrons. The number of aromatic nitrogens is 2. The quantitative estimate of drug-likeness (QED) is 0.811. The summed E-state index contributed by atoms with van der Waals surface area (Å²) in [6.45, 7) is 2.65. The number of nitrogens with zero attached hydrogens (tertiary/aromatic N) is 2. The van der Waals surface area contributed by atoms with Crippen LogP contribution in [0.15, 0.2) is 42.7 Å². The molecule has 0 spiro atoms. The van der Waals surface area contributed by atoms with Crippen molar-refractivity contribution in [3.63, 3.8) is 0 Å². The molecular weight excluding hydrogens is 254 g/mol. The van der Waals surface area contributed by atoms with Gasteiger partial charge in [0, 0.05) is 6.07 Å². The molecule has 5 nitrogen and oxygen atoms in total. The lowest BCUT2D eigenvalue weighted by Crippen LogP contribution is -2.15. The minimum absolute atomic E-state index is 0.0147. The van der Waals surface area contributed by atoms with E-state index in [0.717, 1.165) is 12.0 Å². The Kier molecular flexibility index (Phi) is 5.32. The summed E-state index contributed by atoms with van der Waals surface area (Å²) in [4.78, 5) is 8.19. The zero-order chi connectivity index (χ0) is 14.2. The van der Waals surface area contributed by atoms with Gasteiger partial charge in [0.1, 0.15) is 12.1 Å². The van der Waals surface area contributed by atoms with E-state index in [2.05, 4.69) is 15.3 Å². The van der Waals surface area contributed by atoms with Crippen LogP contribution in [0, 0.1) is 0 Å². The summed E-state index contributed by atoms with van der Waals surface area (Å²) in [5.41, 5.74) is 1.00. The summed E-state index contributed by atoms with van der Waals surface area (Å²) < 4.78 is 5.46. The van der Waals surface area contributed by atoms with Crippen molar-refractivity contribution in [3.8, 4) is 5.88 Å². The molecule has 0 amide bonds. The Morgan fingerprint density at radius 2 is 2.05 bits per heavy atom. The van der Waals surface area contributed by atoms with Crippen LogP contribution in [0.4, 0.5) is 5.82 Å². The maximum absolute atomic E-state index is 9.51. The second kappa shape index (κ2) is 7.45. The number of ether oxygens (including phenoxy) is 1. The van der Waals surface area contributed by atoms with Gasteiger partial charge in [0.15, 0.2) is 0 Å². The van der Waals surface area contributed by atoms with Gasteiger partial charge in [-0.25, -0.2) is 9.97 Å². The molecule has 0 aliphatic heterocycles. The van der Waals surface area contributed by atoms with Gasteiger partial charge in [-0.3, -0.25) is 0 Å². The average Bonchev–Trinajstić information content (AvgIpc) is 2.52. The fraction of sp³-hybridized carbons (Fsp3) is 0.333. The Morgan fingerprint density at radius 3 is 2.75 bits per heavy atom. The predicted octanol–water partition coefficient (Wildman–Crippen LogP) is 2.41. The van der Waals surface area contributed by atoms with Crippen LogP contribution >= 0.6 is 0 Å². The highest BCUT2D eigenvalue weighted by Crippen LogP contribution is 2.19. The van der Waals surface area contributed by atoms with E-state index in [9.17, 15) is 5.11 Å². The SMILES string of the molecule is CCCOc1cc(NC(CO)c2ccccc2)ncn1. The van der Waals surface area contributed by atoms with Gasteiger partial charge in [0.25, 0.3) is 0 Å². The van der Waals surface area contributed by atoms with E-state index in [1.165, 1.54) is 6.33 Å². The lowest BCUT2D eigenvalue weighted by molar-refractivity contribution is 0.276. The standard InChI is InChI=1S/C15H19N3O2/c1-2-8-20-15-9-14(16-11-17-15)18-13(10-19)12-6-4-3-5-7-12/h3-7,9,11,13,19H,2,8,10H2,1H3,(H,16,17,18). The Balaban J connectivity index is 2.07. The Labute approximate surface area is 118 Å². The van der Waals surface area contributed by atoms with Crippen molar-refractivity contribution in [2.75, 3.05) is 18.5 Å². The zero-order valence-corrected chi connectivity index (χ0v) is 11.5. The number of benzene rings is 1. The fourth-order valence-corrected chi connectivity index (χ4v) is 1.80. The van der Waals surface area contributed by atoms with Gasteiger partial charge >= 0.3 is 0 Å². The van der Waals surface area contributed by atoms with Gasteiger partial charge in [0.2, 0.25) is 5.88 Å². The third kappa shape index (κ3) is 3.93. The van der Waals surface area contributed by atoms with Crippen LogP contribution in [0.1, 0.15) is 24.9 Å². The topological polar surface area (TPSA) is 67.3 Å². The van der Waals surface area contributed by atoms with Crippen molar-refractivity contribution >= 4 is 5.82 Å². The zero-order valence-electron chi connectivity index (χ0n) is 11.5. The Hall–Kier alpha value is -2.14. The Bertz CT molecular complexity index is 520. The highest BCUT2D eigenvalue weighted by Gasteiger charge is 2.11. The minimum Gasteiger partial charge on any atom is -0.478 e. The van der Waals surface area contributed by atoms with Crippen molar-refractivity contribution in [1.29, 1.82) is 0 Å². The molecule has 1 aromatic carbocycles. The molecular formula is C15H19N3O2. The van der Waals surface area contributed by atoms with Crippen molar-refractivity contribution in [3.05, 3.63) is 48.3 Å². The normalized spacial score (nSPS) is 11.9. The third-order valence-corrected chi connectivity index (χ3v) is 2.80. The van der Waals surface area contributed by atoms with E-state index in [4.69, 9.17) is 4.74 Å². The smallest absolute Gasteiger partial charge is 0.218 e. The average molecular weight is 273 g/mol. The summed E-state index contributed by atoms with van der Waals surface area (Å²) in [6, 6.07) is 11.3. The summed E-state index contributed by atoms with van der Waals surface area (Å²) >= 11 is 0. The van der Waals surface area contributed by atoms with Crippen LogP contribution in [0.3, 0.4) is 0 Å². The molecule has 1 aromatic heterocycles. The lowest BCUT2D eigenvalue weighted by Gasteiger charge is -2.17. The molecule has 0 saturated carbocycles. The molecule has 2 rings (SSSR count). The largest absolute Gasteiger partial charge is 0.478 e. The minimum atomic E-state index is -0.204. The van der Waals surface area contributed by atoms with E-state index in [-0.39, 0.29) is 12.6 Å². The fourth-order valence-electron chi connectivity index (χ4n) is 1.80. The molecule has 1 unspecified atom stereocenters. The second-order valence-corrected chi connectivity index (χ2v) is 4.38. The second-order valence-electron chi connectivity index (χ2n) is 4.38. The molecule has 0 bridgehead atoms. The highest BCUT2D eigenvalue weighted by molar-refractivity contribution is 5.40. The summed E-state index contributed by atoms with van der Waals surface area (Å²) in [7, 11) is 0. The van der Waals surface area contributed by atoms with Gasteiger partial charge in [0.05, 0.1) is 19.3 Å². The first-order chi connectivity index (χ1) is 9.83. The van der Waals surface area contributed by atoms with E-state index in [1.807, 2.05) is 37.3 Å². The van der Waals surface area contributed by atoms with Crippen molar-refractivity contribution < 1.29 is 9.84 Å². The van der Waals surface area contributed by atoms with Crippen LogP contribution in [0.5, 0.6) is 5.88 Å². The maximum atomic E-state index is 9.51. The monoisotopic (exact) mass is 273 g/mol. The van der Waals surface area contributed by atoms with Gasteiger partial charge in [-0.15, -0.1) is 0 Å². The highest BCUT2D eigenvalue weighted by atomic mass is 16.5. The Morgan fingerprint density at radius 1 is 1.25 bits per heavy atom. The summed E-state index contributed by atoms with van der Waals surface area (Å²) in [5, 5.41) is 12.7. The number of hydrogen-bond donors (Lipinski definition) is 2. The number of aliphatic hydroxyl groups is 1. The van der Waals surface area contributed by atoms with E-state index in [0.29, 0.717) is 18.3 Å². The first-order valence-corrected chi connectivity index (χ1v) is 6.70. The molecule has 2 N–H and O–H groups in total. The molecule has 1 atom stereocenters. The lowest BCUT2D eigenvalue weighted by atomic mass is 10.1. The number of anilines is 1. The number of aliphatic hydroxyl groups excluding tert-OH is 1. The predicted molar refractivity (Wildman–Crippen MR) is 77.7 cm³/mol. The van der Waals surface area contributed by atoms with Crippen LogP contribution in [0.25, 0.3) is 0 Å². The first-order valence-electron chi connectivity index (χ1n) is 6.70. The van der Waals surface area contributed by atoms with Crippen molar-refractivity contribution in [1.82, 2.24) is 9.97 Å². The molecule has 5 heteroatoms. The van der Waals surface area contributed by atoms with Crippen LogP contribution in [-0.4, -0.2) is 28.3 Å². The van der Waals surface area contributed by atoms with Crippen LogP contribution < -0.4 is 10.1 Å². The van der Waals surface area contributed by atoms with Gasteiger partial charge in [-0.1, -0.05) is 37.3 Å². The molecule has 0 fully saturated rings. The van der Waals surface area contributed by atoms with Crippen LogP contribution in [0.2, 0.25) is 0 Å². The molecule has 0 radical (unpaired) electrons. The molecule has 0 aliphatic rings. The summed E-state index contributed by atoms with van der Waals surface area (Å²) in [5.74, 6) is 1.17. The maximum Gasteiger partial charge on any atom is 0.218 e. The number of hydrogen-bond acceptors (Lipinski definition) is 5. The molecule has 2 aromatic rings. The van der Waals surface area contributed by atoms with Gasteiger partial charge in [-0.2, -0.15) is 0 Å².